The van der Waals surface area contributed by atoms with Gasteiger partial charge >= 0.3 is 0 Å². The van der Waals surface area contributed by atoms with Gasteiger partial charge in [0.05, 0.1) is 18.2 Å². The summed E-state index contributed by atoms with van der Waals surface area (Å²) in [6, 6.07) is 22.2. The molecule has 19 heavy (non-hydrogen) atoms. The van der Waals surface area contributed by atoms with Crippen molar-refractivity contribution in [2.45, 2.75) is 0 Å². The Labute approximate surface area is 112 Å². The molecule has 0 saturated carbocycles. The molecular weight excluding hydrogens is 234 g/mol. The molecule has 92 valence electrons. The minimum absolute atomic E-state index is 0.757. The third kappa shape index (κ3) is 2.80. The van der Waals surface area contributed by atoms with Crippen LogP contribution in [0.2, 0.25) is 0 Å². The molecule has 2 nitrogen and oxygen atoms in total. The zero-order valence-corrected chi connectivity index (χ0v) is 10.4. The maximum Gasteiger partial charge on any atom is 0.144 e. The van der Waals surface area contributed by atoms with Crippen LogP contribution in [0.15, 0.2) is 82.4 Å². The smallest absolute Gasteiger partial charge is 0.144 e. The van der Waals surface area contributed by atoms with Gasteiger partial charge in [0.15, 0.2) is 0 Å². The molecule has 2 heteroatoms. The zero-order valence-electron chi connectivity index (χ0n) is 10.4. The van der Waals surface area contributed by atoms with Gasteiger partial charge in [-0.2, -0.15) is 0 Å². The van der Waals surface area contributed by atoms with Gasteiger partial charge in [-0.05, 0) is 35.4 Å². The summed E-state index contributed by atoms with van der Waals surface area (Å²) in [4.78, 5) is 4.36. The summed E-state index contributed by atoms with van der Waals surface area (Å²) in [5.74, 6) is 0.757. The Morgan fingerprint density at radius 3 is 2.16 bits per heavy atom. The molecule has 0 unspecified atom stereocenters. The standard InChI is InChI=1S/C17H13NO/c1-2-5-14(6-3-1)15-8-10-16(11-9-15)18-13-17-7-4-12-19-17/h1-13H. The first kappa shape index (κ1) is 11.5. The summed E-state index contributed by atoms with van der Waals surface area (Å²) in [6.07, 6.45) is 3.36. The molecule has 2 aromatic carbocycles. The molecule has 0 spiro atoms. The highest BCUT2D eigenvalue weighted by atomic mass is 16.3. The number of rotatable bonds is 3. The average Bonchev–Trinajstić information content (AvgIpc) is 3.00. The summed E-state index contributed by atoms with van der Waals surface area (Å²) in [7, 11) is 0. The van der Waals surface area contributed by atoms with Gasteiger partial charge in [-0.15, -0.1) is 0 Å². The molecule has 0 aliphatic carbocycles. The summed E-state index contributed by atoms with van der Waals surface area (Å²) in [6.45, 7) is 0. The maximum absolute atomic E-state index is 5.20. The molecule has 0 atom stereocenters. The number of hydrogen-bond acceptors (Lipinski definition) is 2. The number of nitrogens with zero attached hydrogens (tertiary/aromatic N) is 1. The summed E-state index contributed by atoms with van der Waals surface area (Å²) >= 11 is 0. The molecule has 0 amide bonds. The highest BCUT2D eigenvalue weighted by Crippen LogP contribution is 2.22. The largest absolute Gasteiger partial charge is 0.463 e. The number of aliphatic imine (C=N–C) groups is 1. The normalized spacial score (nSPS) is 10.9. The van der Waals surface area contributed by atoms with E-state index in [1.807, 2.05) is 42.5 Å². The Bertz CT molecular complexity index is 652. The third-order valence-electron chi connectivity index (χ3n) is 2.86. The van der Waals surface area contributed by atoms with Gasteiger partial charge in [0.1, 0.15) is 5.76 Å². The van der Waals surface area contributed by atoms with Gasteiger partial charge in [0.2, 0.25) is 0 Å². The second-order valence-electron chi connectivity index (χ2n) is 4.19. The maximum atomic E-state index is 5.20. The molecule has 1 aromatic heterocycles. The van der Waals surface area contributed by atoms with E-state index in [0.717, 1.165) is 11.4 Å². The number of hydrogen-bond donors (Lipinski definition) is 0. The van der Waals surface area contributed by atoms with E-state index in [-0.39, 0.29) is 0 Å². The molecule has 0 aliphatic rings. The van der Waals surface area contributed by atoms with E-state index >= 15 is 0 Å². The van der Waals surface area contributed by atoms with Crippen LogP contribution in [0, 0.1) is 0 Å². The zero-order chi connectivity index (χ0) is 12.9. The average molecular weight is 247 g/mol. The molecule has 3 aromatic rings. The predicted octanol–water partition coefficient (Wildman–Crippen LogP) is 4.70. The fourth-order valence-electron chi connectivity index (χ4n) is 1.87. The Hall–Kier alpha value is -2.61. The second-order valence-corrected chi connectivity index (χ2v) is 4.19. The Morgan fingerprint density at radius 1 is 0.737 bits per heavy atom. The fourth-order valence-corrected chi connectivity index (χ4v) is 1.87. The van der Waals surface area contributed by atoms with E-state index in [1.54, 1.807) is 12.5 Å². The van der Waals surface area contributed by atoms with Crippen molar-refractivity contribution < 1.29 is 4.42 Å². The highest BCUT2D eigenvalue weighted by Gasteiger charge is 1.96. The van der Waals surface area contributed by atoms with Crippen LogP contribution >= 0.6 is 0 Å². The SMILES string of the molecule is C(=Nc1ccc(-c2ccccc2)cc1)c1ccco1. The van der Waals surface area contributed by atoms with Gasteiger partial charge in [-0.25, -0.2) is 0 Å². The number of benzene rings is 2. The van der Waals surface area contributed by atoms with Crippen molar-refractivity contribution >= 4 is 11.9 Å². The lowest BCUT2D eigenvalue weighted by atomic mass is 10.1. The summed E-state index contributed by atoms with van der Waals surface area (Å²) in [5, 5.41) is 0. The summed E-state index contributed by atoms with van der Waals surface area (Å²) in [5.41, 5.74) is 3.32. The van der Waals surface area contributed by atoms with Crippen LogP contribution < -0.4 is 0 Å². The van der Waals surface area contributed by atoms with Gasteiger partial charge in [-0.3, -0.25) is 4.99 Å². The van der Waals surface area contributed by atoms with Crippen molar-refractivity contribution in [3.05, 3.63) is 78.8 Å². The van der Waals surface area contributed by atoms with Crippen LogP contribution in [0.5, 0.6) is 0 Å². The molecule has 1 heterocycles. The fraction of sp³-hybridized carbons (Fsp3) is 0. The monoisotopic (exact) mass is 247 g/mol. The predicted molar refractivity (Wildman–Crippen MR) is 77.8 cm³/mol. The topological polar surface area (TPSA) is 25.5 Å². The van der Waals surface area contributed by atoms with E-state index in [9.17, 15) is 0 Å². The second kappa shape index (κ2) is 5.36. The first-order valence-electron chi connectivity index (χ1n) is 6.15. The molecule has 0 bridgehead atoms. The van der Waals surface area contributed by atoms with Gasteiger partial charge in [0.25, 0.3) is 0 Å². The van der Waals surface area contributed by atoms with Crippen molar-refractivity contribution in [2.24, 2.45) is 4.99 Å². The minimum Gasteiger partial charge on any atom is -0.463 e. The first-order valence-corrected chi connectivity index (χ1v) is 6.15. The molecule has 0 aliphatic heterocycles. The van der Waals surface area contributed by atoms with Crippen LogP contribution in [0.25, 0.3) is 11.1 Å². The van der Waals surface area contributed by atoms with E-state index in [1.165, 1.54) is 11.1 Å². The minimum atomic E-state index is 0.757. The van der Waals surface area contributed by atoms with Crippen LogP contribution in [0.4, 0.5) is 5.69 Å². The van der Waals surface area contributed by atoms with Crippen molar-refractivity contribution in [3.63, 3.8) is 0 Å². The van der Waals surface area contributed by atoms with E-state index in [4.69, 9.17) is 4.42 Å². The van der Waals surface area contributed by atoms with Crippen LogP contribution in [0.3, 0.4) is 0 Å². The molecular formula is C17H13NO. The van der Waals surface area contributed by atoms with Crippen LogP contribution in [-0.2, 0) is 0 Å². The van der Waals surface area contributed by atoms with E-state index in [2.05, 4.69) is 29.3 Å². The lowest BCUT2D eigenvalue weighted by molar-refractivity contribution is 0.560. The van der Waals surface area contributed by atoms with Crippen LogP contribution in [-0.4, -0.2) is 6.21 Å². The van der Waals surface area contributed by atoms with Gasteiger partial charge in [0, 0.05) is 0 Å². The lowest BCUT2D eigenvalue weighted by Gasteiger charge is -2.01. The van der Waals surface area contributed by atoms with Crippen molar-refractivity contribution in [2.75, 3.05) is 0 Å². The number of furan rings is 1. The molecule has 0 radical (unpaired) electrons. The molecule has 3 rings (SSSR count). The Balaban J connectivity index is 1.80. The first-order chi connectivity index (χ1) is 9.42. The van der Waals surface area contributed by atoms with Gasteiger partial charge in [-0.1, -0.05) is 42.5 Å². The quantitative estimate of drug-likeness (QED) is 0.616. The van der Waals surface area contributed by atoms with Gasteiger partial charge < -0.3 is 4.42 Å². The van der Waals surface area contributed by atoms with Crippen molar-refractivity contribution in [1.82, 2.24) is 0 Å². The van der Waals surface area contributed by atoms with E-state index < -0.39 is 0 Å². The van der Waals surface area contributed by atoms with E-state index in [0.29, 0.717) is 0 Å². The lowest BCUT2D eigenvalue weighted by Crippen LogP contribution is -1.77. The van der Waals surface area contributed by atoms with Crippen molar-refractivity contribution in [1.29, 1.82) is 0 Å². The third-order valence-corrected chi connectivity index (χ3v) is 2.86. The highest BCUT2D eigenvalue weighted by molar-refractivity contribution is 5.78. The summed E-state index contributed by atoms with van der Waals surface area (Å²) < 4.78 is 5.20. The molecule has 0 N–H and O–H groups in total. The van der Waals surface area contributed by atoms with Crippen LogP contribution in [0.1, 0.15) is 5.76 Å². The molecule has 0 fully saturated rings. The molecule has 0 saturated heterocycles. The van der Waals surface area contributed by atoms with Crippen molar-refractivity contribution in [3.8, 4) is 11.1 Å². The Kier molecular flexibility index (Phi) is 3.24. The Morgan fingerprint density at radius 2 is 1.47 bits per heavy atom.